The van der Waals surface area contributed by atoms with Crippen LogP contribution in [0.25, 0.3) is 0 Å². The number of pyridine rings is 1. The van der Waals surface area contributed by atoms with Gasteiger partial charge in [0.15, 0.2) is 0 Å². The van der Waals surface area contributed by atoms with Crippen molar-refractivity contribution in [1.29, 1.82) is 0 Å². The molecule has 0 N–H and O–H groups in total. The summed E-state index contributed by atoms with van der Waals surface area (Å²) >= 11 is 4.86. The minimum absolute atomic E-state index is 0.160. The minimum Gasteiger partial charge on any atom is -0.274 e. The molecule has 0 saturated heterocycles. The second-order valence-corrected chi connectivity index (χ2v) is 3.08. The summed E-state index contributed by atoms with van der Waals surface area (Å²) in [6, 6.07) is 0.160. The van der Waals surface area contributed by atoms with E-state index in [2.05, 4.69) is 4.98 Å². The summed E-state index contributed by atoms with van der Waals surface area (Å²) in [7, 11) is 0. The highest BCUT2D eigenvalue weighted by Crippen LogP contribution is 2.34. The molecule has 88 valence electrons. The van der Waals surface area contributed by atoms with Crippen LogP contribution in [0, 0.1) is 0 Å². The second kappa shape index (κ2) is 4.32. The number of carbonyl (C=O) groups excluding carboxylic acids is 1. The molecule has 0 aromatic carbocycles. The van der Waals surface area contributed by atoms with Crippen molar-refractivity contribution >= 4 is 16.8 Å². The highest BCUT2D eigenvalue weighted by atomic mass is 35.5. The zero-order valence-corrected chi connectivity index (χ0v) is 8.11. The SMILES string of the molecule is O=C(Cl)c1ncc(C(F)F)cc1C(F)(F)F. The van der Waals surface area contributed by atoms with Gasteiger partial charge in [-0.05, 0) is 17.7 Å². The smallest absolute Gasteiger partial charge is 0.274 e. The summed E-state index contributed by atoms with van der Waals surface area (Å²) in [5.74, 6) is 0. The summed E-state index contributed by atoms with van der Waals surface area (Å²) in [6.07, 6.45) is -7.58. The average Bonchev–Trinajstić information content (AvgIpc) is 2.15. The van der Waals surface area contributed by atoms with Gasteiger partial charge < -0.3 is 0 Å². The average molecular weight is 260 g/mol. The van der Waals surface area contributed by atoms with Gasteiger partial charge in [-0.1, -0.05) is 0 Å². The molecule has 1 aromatic rings. The van der Waals surface area contributed by atoms with Gasteiger partial charge >= 0.3 is 6.18 Å². The number of alkyl halides is 5. The highest BCUT2D eigenvalue weighted by Gasteiger charge is 2.36. The van der Waals surface area contributed by atoms with E-state index < -0.39 is 34.7 Å². The highest BCUT2D eigenvalue weighted by molar-refractivity contribution is 6.67. The van der Waals surface area contributed by atoms with Crippen LogP contribution in [0.3, 0.4) is 0 Å². The van der Waals surface area contributed by atoms with Crippen molar-refractivity contribution in [3.8, 4) is 0 Å². The van der Waals surface area contributed by atoms with Crippen LogP contribution in [0.5, 0.6) is 0 Å². The molecule has 0 aliphatic carbocycles. The normalized spacial score (nSPS) is 11.9. The van der Waals surface area contributed by atoms with Gasteiger partial charge in [-0.25, -0.2) is 8.78 Å². The van der Waals surface area contributed by atoms with E-state index in [0.717, 1.165) is 0 Å². The molecule has 0 bridgehead atoms. The zero-order chi connectivity index (χ0) is 12.5. The van der Waals surface area contributed by atoms with Gasteiger partial charge in [0.2, 0.25) is 0 Å². The first-order valence-electron chi connectivity index (χ1n) is 3.78. The van der Waals surface area contributed by atoms with E-state index in [4.69, 9.17) is 11.6 Å². The fourth-order valence-electron chi connectivity index (χ4n) is 0.973. The molecule has 0 amide bonds. The van der Waals surface area contributed by atoms with Crippen molar-refractivity contribution < 1.29 is 26.7 Å². The third kappa shape index (κ3) is 2.66. The van der Waals surface area contributed by atoms with Gasteiger partial charge in [0.05, 0.1) is 5.56 Å². The predicted octanol–water partition coefficient (Wildman–Crippen LogP) is 3.42. The maximum atomic E-state index is 12.4. The molecule has 16 heavy (non-hydrogen) atoms. The number of aromatic nitrogens is 1. The van der Waals surface area contributed by atoms with Gasteiger partial charge in [-0.3, -0.25) is 9.78 Å². The van der Waals surface area contributed by atoms with E-state index >= 15 is 0 Å². The van der Waals surface area contributed by atoms with Gasteiger partial charge in [-0.15, -0.1) is 0 Å². The first-order chi connectivity index (χ1) is 7.23. The number of hydrogen-bond acceptors (Lipinski definition) is 2. The van der Waals surface area contributed by atoms with E-state index in [1.54, 1.807) is 0 Å². The maximum Gasteiger partial charge on any atom is 0.418 e. The molecule has 0 unspecified atom stereocenters. The molecular weight excluding hydrogens is 257 g/mol. The number of halogens is 6. The van der Waals surface area contributed by atoms with Gasteiger partial charge in [0, 0.05) is 11.8 Å². The van der Waals surface area contributed by atoms with Crippen LogP contribution >= 0.6 is 11.6 Å². The van der Waals surface area contributed by atoms with Crippen LogP contribution in [-0.4, -0.2) is 10.2 Å². The first-order valence-corrected chi connectivity index (χ1v) is 4.16. The zero-order valence-electron chi connectivity index (χ0n) is 7.36. The van der Waals surface area contributed by atoms with Crippen LogP contribution in [0.2, 0.25) is 0 Å². The Bertz CT molecular complexity index is 417. The Labute approximate surface area is 91.0 Å². The summed E-state index contributed by atoms with van der Waals surface area (Å²) < 4.78 is 61.4. The first kappa shape index (κ1) is 12.8. The molecule has 8 heteroatoms. The monoisotopic (exact) mass is 259 g/mol. The standard InChI is InChI=1S/C8H3ClF5NO/c9-6(16)5-4(8(12,13)14)1-3(2-15-5)7(10)11/h1-2,7H. The molecule has 1 heterocycles. The van der Waals surface area contributed by atoms with Crippen LogP contribution in [0.4, 0.5) is 22.0 Å². The van der Waals surface area contributed by atoms with E-state index in [1.165, 1.54) is 0 Å². The molecule has 1 aromatic heterocycles. The molecule has 1 rings (SSSR count). The lowest BCUT2D eigenvalue weighted by atomic mass is 10.1. The Morgan fingerprint density at radius 1 is 1.38 bits per heavy atom. The Morgan fingerprint density at radius 2 is 1.94 bits per heavy atom. The van der Waals surface area contributed by atoms with E-state index in [0.29, 0.717) is 6.20 Å². The molecule has 0 spiro atoms. The maximum absolute atomic E-state index is 12.4. The molecule has 0 fully saturated rings. The molecule has 0 aliphatic rings. The largest absolute Gasteiger partial charge is 0.418 e. The molecule has 0 atom stereocenters. The number of nitrogens with zero attached hydrogens (tertiary/aromatic N) is 1. The third-order valence-corrected chi connectivity index (χ3v) is 1.83. The van der Waals surface area contributed by atoms with Crippen molar-refractivity contribution in [2.75, 3.05) is 0 Å². The van der Waals surface area contributed by atoms with Gasteiger partial charge in [0.25, 0.3) is 11.7 Å². The van der Waals surface area contributed by atoms with Crippen molar-refractivity contribution in [3.05, 3.63) is 29.1 Å². The predicted molar refractivity (Wildman–Crippen MR) is 44.4 cm³/mol. The number of hydrogen-bond donors (Lipinski definition) is 0. The van der Waals surface area contributed by atoms with Crippen molar-refractivity contribution in [3.63, 3.8) is 0 Å². The quantitative estimate of drug-likeness (QED) is 0.602. The van der Waals surface area contributed by atoms with Gasteiger partial charge in [0.1, 0.15) is 5.69 Å². The van der Waals surface area contributed by atoms with E-state index in [1.807, 2.05) is 0 Å². The van der Waals surface area contributed by atoms with Crippen molar-refractivity contribution in [2.45, 2.75) is 12.6 Å². The van der Waals surface area contributed by atoms with Crippen molar-refractivity contribution in [1.82, 2.24) is 4.98 Å². The molecule has 0 radical (unpaired) electrons. The summed E-state index contributed by atoms with van der Waals surface area (Å²) in [4.78, 5) is 13.6. The van der Waals surface area contributed by atoms with Crippen LogP contribution < -0.4 is 0 Å². The number of rotatable bonds is 2. The Balaban J connectivity index is 3.39. The number of carbonyl (C=O) groups is 1. The third-order valence-electron chi connectivity index (χ3n) is 1.65. The van der Waals surface area contributed by atoms with Crippen LogP contribution in [0.15, 0.2) is 12.3 Å². The molecule has 2 nitrogen and oxygen atoms in total. The summed E-state index contributed by atoms with van der Waals surface area (Å²) in [6.45, 7) is 0. The fraction of sp³-hybridized carbons (Fsp3) is 0.250. The second-order valence-electron chi connectivity index (χ2n) is 2.74. The topological polar surface area (TPSA) is 30.0 Å². The minimum atomic E-state index is -4.96. The van der Waals surface area contributed by atoms with Crippen LogP contribution in [-0.2, 0) is 6.18 Å². The lowest BCUT2D eigenvalue weighted by Gasteiger charge is -2.10. The van der Waals surface area contributed by atoms with Crippen LogP contribution in [0.1, 0.15) is 28.0 Å². The Kier molecular flexibility index (Phi) is 3.47. The fourth-order valence-corrected chi connectivity index (χ4v) is 1.12. The van der Waals surface area contributed by atoms with E-state index in [-0.39, 0.29) is 6.07 Å². The molecule has 0 aliphatic heterocycles. The molecular formula is C8H3ClF5NO. The summed E-state index contributed by atoms with van der Waals surface area (Å²) in [5.41, 5.74) is -3.57. The van der Waals surface area contributed by atoms with Crippen molar-refractivity contribution in [2.24, 2.45) is 0 Å². The summed E-state index contributed by atoms with van der Waals surface area (Å²) in [5, 5.41) is -1.45. The Morgan fingerprint density at radius 3 is 2.31 bits per heavy atom. The molecule has 0 saturated carbocycles. The Hall–Kier alpha value is -1.24. The lowest BCUT2D eigenvalue weighted by Crippen LogP contribution is -2.13. The lowest BCUT2D eigenvalue weighted by molar-refractivity contribution is -0.138. The van der Waals surface area contributed by atoms with Gasteiger partial charge in [-0.2, -0.15) is 13.2 Å². The van der Waals surface area contributed by atoms with E-state index in [9.17, 15) is 26.7 Å².